The molecule has 0 aliphatic carbocycles. The van der Waals surface area contributed by atoms with E-state index < -0.39 is 0 Å². The fourth-order valence-electron chi connectivity index (χ4n) is 2.35. The molecule has 18 heavy (non-hydrogen) atoms. The Kier molecular flexibility index (Phi) is 7.93. The Labute approximate surface area is 113 Å². The van der Waals surface area contributed by atoms with Crippen molar-refractivity contribution in [1.82, 2.24) is 0 Å². The molecule has 0 saturated carbocycles. The summed E-state index contributed by atoms with van der Waals surface area (Å²) in [5, 5.41) is 1.00. The molecule has 1 rings (SSSR count). The van der Waals surface area contributed by atoms with E-state index in [1.807, 2.05) is 12.1 Å². The zero-order valence-electron chi connectivity index (χ0n) is 11.7. The molecule has 0 spiro atoms. The summed E-state index contributed by atoms with van der Waals surface area (Å²) in [6.07, 6.45) is 9.72. The van der Waals surface area contributed by atoms with Crippen molar-refractivity contribution in [2.24, 2.45) is 0 Å². The van der Waals surface area contributed by atoms with Gasteiger partial charge < -0.3 is 0 Å². The van der Waals surface area contributed by atoms with Crippen LogP contribution in [0.25, 0.3) is 0 Å². The second-order valence-electron chi connectivity index (χ2n) is 4.92. The van der Waals surface area contributed by atoms with Crippen molar-refractivity contribution in [3.63, 3.8) is 0 Å². The first kappa shape index (κ1) is 15.4. The van der Waals surface area contributed by atoms with Crippen LogP contribution in [0.3, 0.4) is 0 Å². The molecule has 0 N–H and O–H groups in total. The van der Waals surface area contributed by atoms with E-state index in [0.29, 0.717) is 0 Å². The third kappa shape index (κ3) is 4.90. The topological polar surface area (TPSA) is 17.1 Å². The predicted molar refractivity (Wildman–Crippen MR) is 80.1 cm³/mol. The van der Waals surface area contributed by atoms with Crippen molar-refractivity contribution < 1.29 is 4.57 Å². The maximum Gasteiger partial charge on any atom is 0.192 e. The molecule has 0 amide bonds. The Hall–Kier alpha value is -0.680. The molecule has 2 heteroatoms. The Bertz CT molecular complexity index is 360. The smallest absolute Gasteiger partial charge is 0.192 e. The number of unbranched alkanes of at least 4 members (excludes halogenated alkanes) is 4. The summed E-state index contributed by atoms with van der Waals surface area (Å²) in [6, 6.07) is 6.26. The third-order valence-corrected chi connectivity index (χ3v) is 4.04. The van der Waals surface area contributed by atoms with Crippen LogP contribution in [-0.4, -0.2) is 0 Å². The fraction of sp³-hybridized carbons (Fsp3) is 0.625. The predicted octanol–water partition coefficient (Wildman–Crippen LogP) is 5.07. The highest BCUT2D eigenvalue weighted by Gasteiger charge is 2.08. The number of hydrogen-bond donors (Lipinski definition) is 0. The maximum atomic E-state index is 11.2. The zero-order chi connectivity index (χ0) is 13.2. The summed E-state index contributed by atoms with van der Waals surface area (Å²) in [5.74, 6) is 0. The van der Waals surface area contributed by atoms with E-state index in [-0.39, 0.29) is 8.46 Å². The molecule has 1 nitrogen and oxygen atoms in total. The normalized spacial score (nSPS) is 11.0. The third-order valence-electron chi connectivity index (χ3n) is 3.43. The van der Waals surface area contributed by atoms with Gasteiger partial charge in [0, 0.05) is 5.30 Å². The first-order valence-corrected chi connectivity index (χ1v) is 8.08. The van der Waals surface area contributed by atoms with Gasteiger partial charge in [-0.15, -0.1) is 0 Å². The lowest BCUT2D eigenvalue weighted by atomic mass is 9.97. The van der Waals surface area contributed by atoms with E-state index in [1.165, 1.54) is 49.7 Å². The van der Waals surface area contributed by atoms with Gasteiger partial charge in [0.05, 0.1) is 0 Å². The standard InChI is InChI=1S/C16H25OP/c1-3-5-7-10-14-11-9-13-16(18-17)15(14)12-8-6-4-2/h9,11,13H,3-8,10,12H2,1-2H3. The second-order valence-corrected chi connectivity index (χ2v) is 5.58. The minimum Gasteiger partial charge on any atom is -0.269 e. The summed E-state index contributed by atoms with van der Waals surface area (Å²) in [6.45, 7) is 4.45. The second kappa shape index (κ2) is 9.28. The molecule has 0 fully saturated rings. The summed E-state index contributed by atoms with van der Waals surface area (Å²) in [7, 11) is 0.175. The van der Waals surface area contributed by atoms with Gasteiger partial charge in [0.1, 0.15) is 0 Å². The van der Waals surface area contributed by atoms with Crippen LogP contribution in [0.15, 0.2) is 18.2 Å². The molecule has 100 valence electrons. The Morgan fingerprint density at radius 1 is 0.944 bits per heavy atom. The highest BCUT2D eigenvalue weighted by Crippen LogP contribution is 2.17. The average molecular weight is 264 g/mol. The van der Waals surface area contributed by atoms with E-state index >= 15 is 0 Å². The van der Waals surface area contributed by atoms with Crippen molar-refractivity contribution in [3.05, 3.63) is 29.3 Å². The molecule has 0 atom stereocenters. The number of hydrogen-bond acceptors (Lipinski definition) is 1. The quantitative estimate of drug-likeness (QED) is 0.449. The summed E-state index contributed by atoms with van der Waals surface area (Å²) in [4.78, 5) is 0. The van der Waals surface area contributed by atoms with Crippen LogP contribution in [0, 0.1) is 0 Å². The van der Waals surface area contributed by atoms with Gasteiger partial charge >= 0.3 is 0 Å². The van der Waals surface area contributed by atoms with E-state index in [4.69, 9.17) is 0 Å². The number of aryl methyl sites for hydroxylation is 1. The Morgan fingerprint density at radius 2 is 1.61 bits per heavy atom. The Balaban J connectivity index is 2.75. The van der Waals surface area contributed by atoms with Gasteiger partial charge in [-0.05, 0) is 42.9 Å². The van der Waals surface area contributed by atoms with Crippen LogP contribution < -0.4 is 5.30 Å². The molecule has 0 heterocycles. The first-order valence-electron chi connectivity index (χ1n) is 7.27. The van der Waals surface area contributed by atoms with Crippen LogP contribution in [-0.2, 0) is 17.4 Å². The molecule has 0 aromatic heterocycles. The molecule has 1 aromatic rings. The monoisotopic (exact) mass is 264 g/mol. The van der Waals surface area contributed by atoms with Gasteiger partial charge in [0.25, 0.3) is 0 Å². The van der Waals surface area contributed by atoms with Crippen molar-refractivity contribution >= 4 is 13.8 Å². The van der Waals surface area contributed by atoms with Crippen LogP contribution in [0.5, 0.6) is 0 Å². The van der Waals surface area contributed by atoms with E-state index in [9.17, 15) is 4.57 Å². The first-order chi connectivity index (χ1) is 8.83. The van der Waals surface area contributed by atoms with Crippen molar-refractivity contribution in [1.29, 1.82) is 0 Å². The lowest BCUT2D eigenvalue weighted by Gasteiger charge is -2.11. The van der Waals surface area contributed by atoms with Gasteiger partial charge in [0.15, 0.2) is 8.46 Å². The minimum atomic E-state index is 0.175. The number of rotatable bonds is 9. The SMILES string of the molecule is CCCCCc1cccc(P=O)c1CCCCC. The highest BCUT2D eigenvalue weighted by atomic mass is 31.1. The number of benzene rings is 1. The lowest BCUT2D eigenvalue weighted by molar-refractivity contribution is 0.602. The molecular weight excluding hydrogens is 239 g/mol. The zero-order valence-corrected chi connectivity index (χ0v) is 12.6. The molecule has 0 radical (unpaired) electrons. The van der Waals surface area contributed by atoms with Crippen LogP contribution >= 0.6 is 8.46 Å². The molecular formula is C16H25OP. The summed E-state index contributed by atoms with van der Waals surface area (Å²) >= 11 is 0. The molecule has 0 aliphatic heterocycles. The molecule has 0 unspecified atom stereocenters. The largest absolute Gasteiger partial charge is 0.269 e. The average Bonchev–Trinajstić information content (AvgIpc) is 2.40. The molecule has 0 bridgehead atoms. The van der Waals surface area contributed by atoms with E-state index in [2.05, 4.69) is 19.9 Å². The van der Waals surface area contributed by atoms with E-state index in [1.54, 1.807) is 0 Å². The highest BCUT2D eigenvalue weighted by molar-refractivity contribution is 7.34. The maximum absolute atomic E-state index is 11.2. The summed E-state index contributed by atoms with van der Waals surface area (Å²) < 4.78 is 11.2. The van der Waals surface area contributed by atoms with Crippen molar-refractivity contribution in [2.45, 2.75) is 65.2 Å². The van der Waals surface area contributed by atoms with Crippen molar-refractivity contribution in [2.75, 3.05) is 0 Å². The fourth-order valence-corrected chi connectivity index (χ4v) is 2.86. The molecule has 0 saturated heterocycles. The van der Waals surface area contributed by atoms with Crippen LogP contribution in [0.2, 0.25) is 0 Å². The van der Waals surface area contributed by atoms with E-state index in [0.717, 1.165) is 18.1 Å². The molecule has 0 aliphatic rings. The van der Waals surface area contributed by atoms with Crippen LogP contribution in [0.4, 0.5) is 0 Å². The van der Waals surface area contributed by atoms with Gasteiger partial charge in [-0.1, -0.05) is 51.7 Å². The lowest BCUT2D eigenvalue weighted by Crippen LogP contribution is -2.07. The van der Waals surface area contributed by atoms with Crippen molar-refractivity contribution in [3.8, 4) is 0 Å². The molecule has 1 aromatic carbocycles. The Morgan fingerprint density at radius 3 is 2.22 bits per heavy atom. The minimum absolute atomic E-state index is 0.175. The summed E-state index contributed by atoms with van der Waals surface area (Å²) in [5.41, 5.74) is 2.76. The van der Waals surface area contributed by atoms with Gasteiger partial charge in [-0.3, -0.25) is 4.57 Å². The van der Waals surface area contributed by atoms with Gasteiger partial charge in [-0.25, -0.2) is 0 Å². The van der Waals surface area contributed by atoms with Gasteiger partial charge in [-0.2, -0.15) is 0 Å². The van der Waals surface area contributed by atoms with Gasteiger partial charge in [0.2, 0.25) is 0 Å². The van der Waals surface area contributed by atoms with Crippen LogP contribution in [0.1, 0.15) is 63.5 Å².